The Kier molecular flexibility index (Phi) is 19.9. The van der Waals surface area contributed by atoms with Crippen LogP contribution in [0.3, 0.4) is 0 Å². The van der Waals surface area contributed by atoms with Crippen molar-refractivity contribution in [1.29, 1.82) is 0 Å². The van der Waals surface area contributed by atoms with Gasteiger partial charge in [-0.15, -0.1) is 0 Å². The van der Waals surface area contributed by atoms with Gasteiger partial charge >= 0.3 is 34.2 Å². The summed E-state index contributed by atoms with van der Waals surface area (Å²) in [5.41, 5.74) is 0. The topological polar surface area (TPSA) is 166 Å². The third-order valence-corrected chi connectivity index (χ3v) is 30.2. The lowest BCUT2D eigenvalue weighted by Crippen LogP contribution is -2.61. The summed E-state index contributed by atoms with van der Waals surface area (Å²) in [5, 5.41) is 0. The lowest BCUT2D eigenvalue weighted by molar-refractivity contribution is 0.113. The first-order valence-electron chi connectivity index (χ1n) is 20.9. The average Bonchev–Trinajstić information content (AvgIpc) is 3.91. The summed E-state index contributed by atoms with van der Waals surface area (Å²) in [4.78, 5) is 11.8. The third kappa shape index (κ3) is 22.1. The van der Waals surface area contributed by atoms with Crippen LogP contribution < -0.4 is 0 Å². The van der Waals surface area contributed by atoms with Gasteiger partial charge in [-0.1, -0.05) is 0 Å². The van der Waals surface area contributed by atoms with Gasteiger partial charge in [-0.25, -0.2) is 0 Å². The fourth-order valence-corrected chi connectivity index (χ4v) is 30.1. The van der Waals surface area contributed by atoms with Gasteiger partial charge in [0.15, 0.2) is 9.04 Å². The Labute approximate surface area is 335 Å². The van der Waals surface area contributed by atoms with E-state index in [9.17, 15) is 4.80 Å². The van der Waals surface area contributed by atoms with Gasteiger partial charge in [0.25, 0.3) is 0 Å². The minimum absolute atomic E-state index is 0.210. The summed E-state index contributed by atoms with van der Waals surface area (Å²) >= 11 is 0. The summed E-state index contributed by atoms with van der Waals surface area (Å²) in [7, 11) is -13.6. The summed E-state index contributed by atoms with van der Waals surface area (Å²) < 4.78 is 84.9. The van der Waals surface area contributed by atoms with E-state index in [-0.39, 0.29) is 30.5 Å². The molecule has 15 nitrogen and oxygen atoms in total. The molecule has 5 fully saturated rings. The molecule has 0 amide bonds. The number of ether oxygens (including phenoxy) is 10. The molecule has 20 heteroatoms. The standard InChI is InChI=1S/C35H72O15Si5/c1-51(16-6-11-37-21-31-26-42-31)47-53(3,18-8-13-39-23-33-28-44-33)49-55(5,20-10-15-41-25-35-30-46-35)50-54(4,19-9-14-40-24-34-29-45-34)48-52(2,36)17-7-12-38-22-32-27-43-32/h31-36,51H,6-30H2,1-5H3. The van der Waals surface area contributed by atoms with Crippen LogP contribution in [0.2, 0.25) is 63.0 Å². The van der Waals surface area contributed by atoms with E-state index in [1.807, 2.05) is 6.55 Å². The number of hydrogen-bond acceptors (Lipinski definition) is 15. The van der Waals surface area contributed by atoms with Crippen LogP contribution >= 0.6 is 0 Å². The maximum atomic E-state index is 11.8. The van der Waals surface area contributed by atoms with Crippen LogP contribution in [0, 0.1) is 0 Å². The monoisotopic (exact) mass is 872 g/mol. The lowest BCUT2D eigenvalue weighted by atomic mass is 10.5. The summed E-state index contributed by atoms with van der Waals surface area (Å²) in [6.07, 6.45) is 5.18. The van der Waals surface area contributed by atoms with E-state index in [1.54, 1.807) is 0 Å². The summed E-state index contributed by atoms with van der Waals surface area (Å²) in [5.74, 6) is 0. The Hall–Kier alpha value is 0.484. The van der Waals surface area contributed by atoms with E-state index in [0.29, 0.717) is 84.6 Å². The van der Waals surface area contributed by atoms with E-state index in [2.05, 4.69) is 26.2 Å². The molecule has 5 aliphatic heterocycles. The fraction of sp³-hybridized carbons (Fsp3) is 1.00. The number of hydrogen-bond donors (Lipinski definition) is 1. The normalized spacial score (nSPS) is 28.8. The van der Waals surface area contributed by atoms with Crippen molar-refractivity contribution < 1.29 is 68.6 Å². The van der Waals surface area contributed by atoms with E-state index < -0.39 is 43.3 Å². The maximum Gasteiger partial charge on any atom is 0.323 e. The molecule has 0 aliphatic carbocycles. The highest BCUT2D eigenvalue weighted by Crippen LogP contribution is 2.34. The van der Waals surface area contributed by atoms with Crippen LogP contribution in [0.15, 0.2) is 0 Å². The van der Waals surface area contributed by atoms with E-state index in [0.717, 1.165) is 76.8 Å². The highest BCUT2D eigenvalue weighted by Gasteiger charge is 2.50. The number of rotatable bonds is 38. The van der Waals surface area contributed by atoms with Gasteiger partial charge in [-0.05, 0) is 95.1 Å². The van der Waals surface area contributed by atoms with Gasteiger partial charge in [0, 0.05) is 33.0 Å². The second-order valence-electron chi connectivity index (χ2n) is 16.5. The quantitative estimate of drug-likeness (QED) is 0.0542. The van der Waals surface area contributed by atoms with Crippen LogP contribution in [0.1, 0.15) is 32.1 Å². The second kappa shape index (κ2) is 23.5. The van der Waals surface area contributed by atoms with Gasteiger partial charge in [0.1, 0.15) is 30.5 Å². The van der Waals surface area contributed by atoms with Crippen molar-refractivity contribution in [2.45, 2.75) is 126 Å². The molecule has 0 aromatic carbocycles. The molecule has 10 atom stereocenters. The summed E-state index contributed by atoms with van der Waals surface area (Å²) in [6.45, 7) is 20.7. The largest absolute Gasteiger partial charge is 0.439 e. The molecule has 5 heterocycles. The van der Waals surface area contributed by atoms with Crippen molar-refractivity contribution in [3.05, 3.63) is 0 Å². The van der Waals surface area contributed by atoms with Gasteiger partial charge in [0.2, 0.25) is 0 Å². The van der Waals surface area contributed by atoms with E-state index in [1.165, 1.54) is 0 Å². The molecule has 1 N–H and O–H groups in total. The van der Waals surface area contributed by atoms with Crippen molar-refractivity contribution in [3.63, 3.8) is 0 Å². The molecule has 0 bridgehead atoms. The highest BCUT2D eigenvalue weighted by atomic mass is 28.5. The van der Waals surface area contributed by atoms with Crippen molar-refractivity contribution in [2.24, 2.45) is 0 Å². The van der Waals surface area contributed by atoms with Crippen molar-refractivity contribution >= 4 is 43.3 Å². The predicted molar refractivity (Wildman–Crippen MR) is 216 cm³/mol. The Morgan fingerprint density at radius 3 is 1.16 bits per heavy atom. The molecule has 0 saturated carbocycles. The van der Waals surface area contributed by atoms with Crippen LogP contribution in [0.25, 0.3) is 0 Å². The van der Waals surface area contributed by atoms with Crippen LogP contribution in [0.5, 0.6) is 0 Å². The van der Waals surface area contributed by atoms with Crippen LogP contribution in [-0.4, -0.2) is 178 Å². The lowest BCUT2D eigenvalue weighted by Gasteiger charge is -2.44. The average molecular weight is 873 g/mol. The zero-order chi connectivity index (χ0) is 39.0. The Bertz CT molecular complexity index is 1070. The van der Waals surface area contributed by atoms with Crippen molar-refractivity contribution in [2.75, 3.05) is 99.1 Å². The molecule has 0 radical (unpaired) electrons. The molecule has 5 rings (SSSR count). The molecule has 0 aromatic rings. The zero-order valence-corrected chi connectivity index (χ0v) is 39.5. The fourth-order valence-electron chi connectivity index (χ4n) is 6.65. The SMILES string of the molecule is C[SiH](CCCOCC1CO1)O[Si](C)(CCCOCC1CO1)O[Si](C)(CCCOCC1CO1)O[Si](C)(CCCOCC1CO1)O[Si](C)(O)CCCOCC1CO1. The van der Waals surface area contributed by atoms with Gasteiger partial charge in [0.05, 0.1) is 66.1 Å². The first-order chi connectivity index (χ1) is 26.4. The molecular formula is C35H72O15Si5. The smallest absolute Gasteiger partial charge is 0.323 e. The Balaban J connectivity index is 1.24. The minimum Gasteiger partial charge on any atom is -0.439 e. The van der Waals surface area contributed by atoms with Crippen LogP contribution in [0.4, 0.5) is 0 Å². The van der Waals surface area contributed by atoms with Gasteiger partial charge in [-0.2, -0.15) is 0 Å². The molecule has 5 saturated heterocycles. The zero-order valence-electron chi connectivity index (χ0n) is 34.3. The van der Waals surface area contributed by atoms with Crippen molar-refractivity contribution in [3.8, 4) is 0 Å². The minimum atomic E-state index is -3.14. The highest BCUT2D eigenvalue weighted by molar-refractivity contribution is 6.89. The van der Waals surface area contributed by atoms with Crippen molar-refractivity contribution in [1.82, 2.24) is 0 Å². The van der Waals surface area contributed by atoms with Crippen LogP contribution in [-0.2, 0) is 63.8 Å². The molecule has 55 heavy (non-hydrogen) atoms. The van der Waals surface area contributed by atoms with E-state index in [4.69, 9.17) is 63.8 Å². The molecule has 5 aliphatic rings. The third-order valence-electron chi connectivity index (χ3n) is 9.87. The molecule has 10 unspecified atom stereocenters. The first-order valence-corrected chi connectivity index (χ1v) is 33.5. The van der Waals surface area contributed by atoms with E-state index >= 15 is 0 Å². The Morgan fingerprint density at radius 1 is 0.473 bits per heavy atom. The van der Waals surface area contributed by atoms with Gasteiger partial charge in [-0.3, -0.25) is 0 Å². The molecule has 0 spiro atoms. The van der Waals surface area contributed by atoms with Gasteiger partial charge < -0.3 is 68.6 Å². The molecule has 0 aromatic heterocycles. The first kappa shape index (κ1) is 46.5. The Morgan fingerprint density at radius 2 is 0.782 bits per heavy atom. The second-order valence-corrected chi connectivity index (χ2v) is 33.3. The maximum absolute atomic E-state index is 11.8. The predicted octanol–water partition coefficient (Wildman–Crippen LogP) is 3.71. The summed E-state index contributed by atoms with van der Waals surface area (Å²) in [6, 6.07) is 3.73. The molecule has 322 valence electrons. The molecular weight excluding hydrogens is 801 g/mol. The number of epoxide rings is 5.